The van der Waals surface area contributed by atoms with Crippen molar-refractivity contribution in [2.24, 2.45) is 0 Å². The summed E-state index contributed by atoms with van der Waals surface area (Å²) >= 11 is 1.49. The van der Waals surface area contributed by atoms with Crippen LogP contribution in [-0.2, 0) is 4.79 Å². The molecule has 1 aromatic carbocycles. The summed E-state index contributed by atoms with van der Waals surface area (Å²) in [5, 5.41) is 9.36. The molecule has 3 nitrogen and oxygen atoms in total. The molecule has 1 unspecified atom stereocenters. The van der Waals surface area contributed by atoms with Crippen LogP contribution in [0.1, 0.15) is 26.2 Å². The molecule has 1 saturated heterocycles. The van der Waals surface area contributed by atoms with Crippen molar-refractivity contribution in [3.63, 3.8) is 0 Å². The summed E-state index contributed by atoms with van der Waals surface area (Å²) in [7, 11) is 0. The molecule has 0 aliphatic carbocycles. The minimum Gasteiger partial charge on any atom is -0.508 e. The van der Waals surface area contributed by atoms with Gasteiger partial charge in [0.1, 0.15) is 5.75 Å². The van der Waals surface area contributed by atoms with Crippen molar-refractivity contribution in [2.45, 2.75) is 37.1 Å². The minimum atomic E-state index is 0.204. The van der Waals surface area contributed by atoms with E-state index in [1.807, 2.05) is 11.0 Å². The number of nitrogens with zero attached hydrogens (tertiary/aromatic N) is 1. The van der Waals surface area contributed by atoms with Crippen LogP contribution in [0.4, 0.5) is 0 Å². The number of carbonyl (C=O) groups excluding carboxylic acids is 1. The monoisotopic (exact) mass is 265 g/mol. The fourth-order valence-corrected chi connectivity index (χ4v) is 3.10. The number of phenols is 1. The zero-order valence-electron chi connectivity index (χ0n) is 10.6. The highest BCUT2D eigenvalue weighted by molar-refractivity contribution is 8.00. The predicted molar refractivity (Wildman–Crippen MR) is 73.9 cm³/mol. The number of amides is 1. The first-order chi connectivity index (χ1) is 8.66. The van der Waals surface area contributed by atoms with Gasteiger partial charge in [0.25, 0.3) is 0 Å². The molecular weight excluding hydrogens is 246 g/mol. The van der Waals surface area contributed by atoms with Crippen LogP contribution in [0.5, 0.6) is 5.75 Å². The predicted octanol–water partition coefficient (Wildman–Crippen LogP) is 2.89. The Morgan fingerprint density at radius 1 is 1.50 bits per heavy atom. The normalized spacial score (nSPS) is 19.8. The van der Waals surface area contributed by atoms with Crippen LogP contribution in [0.25, 0.3) is 0 Å². The first kappa shape index (κ1) is 13.3. The van der Waals surface area contributed by atoms with Crippen molar-refractivity contribution in [1.82, 2.24) is 4.90 Å². The van der Waals surface area contributed by atoms with Crippen molar-refractivity contribution in [1.29, 1.82) is 0 Å². The molecule has 18 heavy (non-hydrogen) atoms. The van der Waals surface area contributed by atoms with E-state index in [4.69, 9.17) is 0 Å². The summed E-state index contributed by atoms with van der Waals surface area (Å²) in [5.41, 5.74) is 0. The van der Waals surface area contributed by atoms with Gasteiger partial charge < -0.3 is 10.0 Å². The molecule has 98 valence electrons. The van der Waals surface area contributed by atoms with Crippen molar-refractivity contribution >= 4 is 17.7 Å². The average Bonchev–Trinajstić information content (AvgIpc) is 2.37. The summed E-state index contributed by atoms with van der Waals surface area (Å²) in [6, 6.07) is 7.41. The van der Waals surface area contributed by atoms with Crippen molar-refractivity contribution in [2.75, 3.05) is 12.3 Å². The molecule has 0 spiro atoms. The van der Waals surface area contributed by atoms with E-state index in [0.717, 1.165) is 24.3 Å². The molecular formula is C14H19NO2S. The first-order valence-electron chi connectivity index (χ1n) is 6.38. The number of likely N-dealkylation sites (tertiary alicyclic amines) is 1. The van der Waals surface area contributed by atoms with E-state index in [1.165, 1.54) is 18.2 Å². The second kappa shape index (κ2) is 6.14. The highest BCUT2D eigenvalue weighted by atomic mass is 32.2. The Labute approximate surface area is 112 Å². The molecule has 1 aliphatic heterocycles. The van der Waals surface area contributed by atoms with Crippen molar-refractivity contribution < 1.29 is 9.90 Å². The number of benzene rings is 1. The summed E-state index contributed by atoms with van der Waals surface area (Å²) in [6.07, 6.45) is 3.46. The number of phenolic OH excluding ortho intramolecular Hbond substituents is 1. The molecule has 2 rings (SSSR count). The number of carbonyl (C=O) groups is 1. The fraction of sp³-hybridized carbons (Fsp3) is 0.500. The lowest BCUT2D eigenvalue weighted by molar-refractivity contribution is -0.131. The smallest absolute Gasteiger partial charge is 0.233 e. The lowest BCUT2D eigenvalue weighted by Crippen LogP contribution is -2.42. The van der Waals surface area contributed by atoms with E-state index in [0.29, 0.717) is 11.8 Å². The Hall–Kier alpha value is -1.16. The Kier molecular flexibility index (Phi) is 4.53. The van der Waals surface area contributed by atoms with Gasteiger partial charge >= 0.3 is 0 Å². The van der Waals surface area contributed by atoms with Crippen LogP contribution in [0.2, 0.25) is 0 Å². The summed E-state index contributed by atoms with van der Waals surface area (Å²) in [4.78, 5) is 15.0. The van der Waals surface area contributed by atoms with Gasteiger partial charge in [-0.2, -0.15) is 0 Å². The van der Waals surface area contributed by atoms with Crippen LogP contribution < -0.4 is 0 Å². The Balaban J connectivity index is 1.88. The highest BCUT2D eigenvalue weighted by Crippen LogP contribution is 2.24. The number of hydrogen-bond acceptors (Lipinski definition) is 3. The molecule has 1 aromatic rings. The Morgan fingerprint density at radius 2 is 2.33 bits per heavy atom. The maximum Gasteiger partial charge on any atom is 0.233 e. The lowest BCUT2D eigenvalue weighted by Gasteiger charge is -2.33. The molecule has 1 aliphatic rings. The van der Waals surface area contributed by atoms with E-state index in [2.05, 4.69) is 6.92 Å². The van der Waals surface area contributed by atoms with Crippen LogP contribution in [-0.4, -0.2) is 34.3 Å². The Bertz CT molecular complexity index is 422. The second-order valence-electron chi connectivity index (χ2n) is 4.72. The van der Waals surface area contributed by atoms with Crippen LogP contribution >= 0.6 is 11.8 Å². The van der Waals surface area contributed by atoms with Crippen LogP contribution in [0.3, 0.4) is 0 Å². The van der Waals surface area contributed by atoms with Crippen molar-refractivity contribution in [3.05, 3.63) is 24.3 Å². The van der Waals surface area contributed by atoms with E-state index in [9.17, 15) is 9.90 Å². The summed E-state index contributed by atoms with van der Waals surface area (Å²) in [5.74, 6) is 0.905. The Morgan fingerprint density at radius 3 is 3.06 bits per heavy atom. The van der Waals surface area contributed by atoms with Crippen molar-refractivity contribution in [3.8, 4) is 5.75 Å². The molecule has 0 saturated carbocycles. The van der Waals surface area contributed by atoms with Gasteiger partial charge in [0.05, 0.1) is 5.75 Å². The topological polar surface area (TPSA) is 40.5 Å². The van der Waals surface area contributed by atoms with E-state index < -0.39 is 0 Å². The van der Waals surface area contributed by atoms with E-state index >= 15 is 0 Å². The number of hydrogen-bond donors (Lipinski definition) is 1. The second-order valence-corrected chi connectivity index (χ2v) is 5.77. The third-order valence-electron chi connectivity index (χ3n) is 3.30. The zero-order valence-corrected chi connectivity index (χ0v) is 11.4. The van der Waals surface area contributed by atoms with Gasteiger partial charge in [0.2, 0.25) is 5.91 Å². The molecule has 1 atom stereocenters. The number of rotatable bonds is 3. The van der Waals surface area contributed by atoms with Gasteiger partial charge in [-0.3, -0.25) is 4.79 Å². The third kappa shape index (κ3) is 3.42. The number of thioether (sulfide) groups is 1. The standard InChI is InChI=1S/C14H19NO2S/c1-11-5-2-3-8-15(11)14(17)10-18-13-7-4-6-12(16)9-13/h4,6-7,9,11,16H,2-3,5,8,10H2,1H3. The van der Waals surface area contributed by atoms with Gasteiger partial charge in [0.15, 0.2) is 0 Å². The molecule has 1 fully saturated rings. The summed E-state index contributed by atoms with van der Waals surface area (Å²) in [6.45, 7) is 3.01. The SMILES string of the molecule is CC1CCCCN1C(=O)CSc1cccc(O)c1. The lowest BCUT2D eigenvalue weighted by atomic mass is 10.0. The van der Waals surface area contributed by atoms with Gasteiger partial charge in [-0.1, -0.05) is 6.07 Å². The largest absolute Gasteiger partial charge is 0.508 e. The van der Waals surface area contributed by atoms with Gasteiger partial charge in [-0.15, -0.1) is 11.8 Å². The van der Waals surface area contributed by atoms with Crippen LogP contribution in [0, 0.1) is 0 Å². The van der Waals surface area contributed by atoms with Crippen LogP contribution in [0.15, 0.2) is 29.2 Å². The number of piperidine rings is 1. The van der Waals surface area contributed by atoms with Gasteiger partial charge in [-0.25, -0.2) is 0 Å². The maximum atomic E-state index is 12.1. The third-order valence-corrected chi connectivity index (χ3v) is 4.28. The molecule has 0 radical (unpaired) electrons. The van der Waals surface area contributed by atoms with Gasteiger partial charge in [-0.05, 0) is 44.4 Å². The molecule has 1 heterocycles. The summed E-state index contributed by atoms with van der Waals surface area (Å²) < 4.78 is 0. The maximum absolute atomic E-state index is 12.1. The first-order valence-corrected chi connectivity index (χ1v) is 7.36. The molecule has 1 N–H and O–H groups in total. The van der Waals surface area contributed by atoms with E-state index in [-0.39, 0.29) is 11.7 Å². The quantitative estimate of drug-likeness (QED) is 0.854. The number of aromatic hydroxyl groups is 1. The molecule has 0 bridgehead atoms. The molecule has 0 aromatic heterocycles. The zero-order chi connectivity index (χ0) is 13.0. The molecule has 4 heteroatoms. The van der Waals surface area contributed by atoms with E-state index in [1.54, 1.807) is 18.2 Å². The molecule has 1 amide bonds. The minimum absolute atomic E-state index is 0.204. The fourth-order valence-electron chi connectivity index (χ4n) is 2.27. The highest BCUT2D eigenvalue weighted by Gasteiger charge is 2.22. The average molecular weight is 265 g/mol. The van der Waals surface area contributed by atoms with Gasteiger partial charge in [0, 0.05) is 17.5 Å².